The standard InChI is InChI=1S/C15H20BrNO3/c1-17(9-11(16)10-19-2)15(18)13-7-8-20-14-6-4-3-5-12(13)14/h3-6,11,13H,7-10H2,1-2H3. The molecule has 1 aromatic rings. The largest absolute Gasteiger partial charge is 0.493 e. The first-order valence-corrected chi connectivity index (χ1v) is 7.64. The molecule has 1 aromatic carbocycles. The maximum Gasteiger partial charge on any atom is 0.230 e. The van der Waals surface area contributed by atoms with Crippen molar-refractivity contribution in [3.05, 3.63) is 29.8 Å². The topological polar surface area (TPSA) is 38.8 Å². The molecule has 1 aliphatic rings. The summed E-state index contributed by atoms with van der Waals surface area (Å²) in [5.41, 5.74) is 0.994. The van der Waals surface area contributed by atoms with Crippen LogP contribution in [0.3, 0.4) is 0 Å². The molecule has 0 spiro atoms. The number of hydrogen-bond donors (Lipinski definition) is 0. The first kappa shape index (κ1) is 15.3. The highest BCUT2D eigenvalue weighted by atomic mass is 79.9. The molecule has 0 radical (unpaired) electrons. The Labute approximate surface area is 128 Å². The van der Waals surface area contributed by atoms with Crippen molar-refractivity contribution < 1.29 is 14.3 Å². The summed E-state index contributed by atoms with van der Waals surface area (Å²) in [6.45, 7) is 1.81. The number of carbonyl (C=O) groups excluding carboxylic acids is 1. The van der Waals surface area contributed by atoms with Crippen LogP contribution >= 0.6 is 15.9 Å². The normalized spacial score (nSPS) is 18.9. The smallest absolute Gasteiger partial charge is 0.230 e. The van der Waals surface area contributed by atoms with Gasteiger partial charge in [-0.25, -0.2) is 0 Å². The molecule has 0 fully saturated rings. The SMILES string of the molecule is COCC(Br)CN(C)C(=O)C1CCOc2ccccc21. The predicted octanol–water partition coefficient (Wildman–Crippen LogP) is 2.42. The molecule has 2 atom stereocenters. The third-order valence-electron chi connectivity index (χ3n) is 3.45. The van der Waals surface area contributed by atoms with Crippen LogP contribution in [-0.4, -0.2) is 49.6 Å². The fourth-order valence-electron chi connectivity index (χ4n) is 2.49. The highest BCUT2D eigenvalue weighted by Crippen LogP contribution is 2.34. The highest BCUT2D eigenvalue weighted by molar-refractivity contribution is 9.09. The Hall–Kier alpha value is -1.07. The Kier molecular flexibility index (Phi) is 5.43. The summed E-state index contributed by atoms with van der Waals surface area (Å²) in [5.74, 6) is 0.867. The van der Waals surface area contributed by atoms with Crippen molar-refractivity contribution in [1.29, 1.82) is 0 Å². The average molecular weight is 342 g/mol. The Morgan fingerprint density at radius 2 is 2.30 bits per heavy atom. The van der Waals surface area contributed by atoms with Crippen molar-refractivity contribution in [2.75, 3.05) is 33.9 Å². The fourth-order valence-corrected chi connectivity index (χ4v) is 3.18. The molecule has 0 aliphatic carbocycles. The summed E-state index contributed by atoms with van der Waals surface area (Å²) in [6.07, 6.45) is 0.734. The number of benzene rings is 1. The zero-order valence-corrected chi connectivity index (χ0v) is 13.4. The molecule has 0 saturated carbocycles. The number of ether oxygens (including phenoxy) is 2. The van der Waals surface area contributed by atoms with E-state index in [-0.39, 0.29) is 16.7 Å². The van der Waals surface area contributed by atoms with Gasteiger partial charge in [-0.2, -0.15) is 0 Å². The van der Waals surface area contributed by atoms with Crippen molar-refractivity contribution in [2.45, 2.75) is 17.2 Å². The van der Waals surface area contributed by atoms with Gasteiger partial charge in [0, 0.05) is 26.3 Å². The maximum atomic E-state index is 12.6. The van der Waals surface area contributed by atoms with Crippen LogP contribution in [0.2, 0.25) is 0 Å². The summed E-state index contributed by atoms with van der Waals surface area (Å²) in [7, 11) is 3.50. The average Bonchev–Trinajstić information content (AvgIpc) is 2.46. The summed E-state index contributed by atoms with van der Waals surface area (Å²) in [4.78, 5) is 14.5. The van der Waals surface area contributed by atoms with Gasteiger partial charge in [0.25, 0.3) is 0 Å². The highest BCUT2D eigenvalue weighted by Gasteiger charge is 2.30. The van der Waals surface area contributed by atoms with Gasteiger partial charge in [0.15, 0.2) is 0 Å². The van der Waals surface area contributed by atoms with Gasteiger partial charge in [0.1, 0.15) is 5.75 Å². The van der Waals surface area contributed by atoms with Crippen LogP contribution in [0.25, 0.3) is 0 Å². The monoisotopic (exact) mass is 341 g/mol. The minimum absolute atomic E-state index is 0.104. The molecule has 0 bridgehead atoms. The molecule has 0 N–H and O–H groups in total. The molecule has 20 heavy (non-hydrogen) atoms. The number of alkyl halides is 1. The summed E-state index contributed by atoms with van der Waals surface area (Å²) in [5, 5.41) is 0. The van der Waals surface area contributed by atoms with Crippen molar-refractivity contribution in [2.24, 2.45) is 0 Å². The molecule has 0 saturated heterocycles. The van der Waals surface area contributed by atoms with Crippen LogP contribution in [0.5, 0.6) is 5.75 Å². The molecule has 5 heteroatoms. The van der Waals surface area contributed by atoms with E-state index in [0.717, 1.165) is 17.7 Å². The lowest BCUT2D eigenvalue weighted by Crippen LogP contribution is -2.38. The predicted molar refractivity (Wildman–Crippen MR) is 81.5 cm³/mol. The van der Waals surface area contributed by atoms with Crippen molar-refractivity contribution in [3.63, 3.8) is 0 Å². The van der Waals surface area contributed by atoms with Crippen molar-refractivity contribution in [1.82, 2.24) is 4.90 Å². The molecular formula is C15H20BrNO3. The summed E-state index contributed by atoms with van der Waals surface area (Å²) in [6, 6.07) is 7.78. The van der Waals surface area contributed by atoms with Gasteiger partial charge >= 0.3 is 0 Å². The minimum atomic E-state index is -0.104. The molecule has 1 aliphatic heterocycles. The van der Waals surface area contributed by atoms with E-state index in [1.807, 2.05) is 31.3 Å². The van der Waals surface area contributed by atoms with Gasteiger partial charge in [-0.3, -0.25) is 4.79 Å². The fraction of sp³-hybridized carbons (Fsp3) is 0.533. The number of rotatable bonds is 5. The number of halogens is 1. The summed E-state index contributed by atoms with van der Waals surface area (Å²) >= 11 is 3.52. The van der Waals surface area contributed by atoms with Crippen LogP contribution < -0.4 is 4.74 Å². The number of para-hydroxylation sites is 1. The first-order chi connectivity index (χ1) is 9.63. The van der Waals surface area contributed by atoms with Crippen LogP contribution in [0.4, 0.5) is 0 Å². The van der Waals surface area contributed by atoms with E-state index in [1.165, 1.54) is 0 Å². The number of nitrogens with zero attached hydrogens (tertiary/aromatic N) is 1. The van der Waals surface area contributed by atoms with E-state index in [0.29, 0.717) is 19.8 Å². The van der Waals surface area contributed by atoms with Gasteiger partial charge in [-0.05, 0) is 12.5 Å². The van der Waals surface area contributed by atoms with E-state index < -0.39 is 0 Å². The van der Waals surface area contributed by atoms with E-state index in [2.05, 4.69) is 15.9 Å². The lowest BCUT2D eigenvalue weighted by atomic mass is 9.92. The van der Waals surface area contributed by atoms with E-state index in [1.54, 1.807) is 12.0 Å². The van der Waals surface area contributed by atoms with Crippen LogP contribution in [0, 0.1) is 0 Å². The first-order valence-electron chi connectivity index (χ1n) is 6.73. The van der Waals surface area contributed by atoms with Gasteiger partial charge in [0.05, 0.1) is 24.0 Å². The van der Waals surface area contributed by atoms with Gasteiger partial charge < -0.3 is 14.4 Å². The third-order valence-corrected chi connectivity index (χ3v) is 4.01. The van der Waals surface area contributed by atoms with E-state index in [9.17, 15) is 4.79 Å². The summed E-state index contributed by atoms with van der Waals surface area (Å²) < 4.78 is 10.7. The van der Waals surface area contributed by atoms with Crippen LogP contribution in [0.1, 0.15) is 17.9 Å². The van der Waals surface area contributed by atoms with Crippen molar-refractivity contribution >= 4 is 21.8 Å². The van der Waals surface area contributed by atoms with Crippen LogP contribution in [0.15, 0.2) is 24.3 Å². The van der Waals surface area contributed by atoms with Crippen LogP contribution in [-0.2, 0) is 9.53 Å². The molecule has 110 valence electrons. The second kappa shape index (κ2) is 7.09. The zero-order chi connectivity index (χ0) is 14.5. The van der Waals surface area contributed by atoms with Gasteiger partial charge in [-0.1, -0.05) is 34.1 Å². The lowest BCUT2D eigenvalue weighted by molar-refractivity contribution is -0.132. The minimum Gasteiger partial charge on any atom is -0.493 e. The van der Waals surface area contributed by atoms with Crippen molar-refractivity contribution in [3.8, 4) is 5.75 Å². The zero-order valence-electron chi connectivity index (χ0n) is 11.8. The third kappa shape index (κ3) is 3.52. The Balaban J connectivity index is 2.06. The number of amides is 1. The number of likely N-dealkylation sites (N-methyl/N-ethyl adjacent to an activating group) is 1. The molecule has 1 amide bonds. The Morgan fingerprint density at radius 3 is 3.05 bits per heavy atom. The lowest BCUT2D eigenvalue weighted by Gasteiger charge is -2.29. The quantitative estimate of drug-likeness (QED) is 0.772. The second-order valence-electron chi connectivity index (χ2n) is 5.00. The number of carbonyl (C=O) groups is 1. The molecule has 4 nitrogen and oxygen atoms in total. The molecule has 2 unspecified atom stereocenters. The van der Waals surface area contributed by atoms with Gasteiger partial charge in [0.2, 0.25) is 5.91 Å². The maximum absolute atomic E-state index is 12.6. The Morgan fingerprint density at radius 1 is 1.55 bits per heavy atom. The van der Waals surface area contributed by atoms with E-state index in [4.69, 9.17) is 9.47 Å². The molecule has 1 heterocycles. The van der Waals surface area contributed by atoms with E-state index >= 15 is 0 Å². The molecule has 2 rings (SSSR count). The number of fused-ring (bicyclic) bond motifs is 1. The molecule has 0 aromatic heterocycles. The second-order valence-corrected chi connectivity index (χ2v) is 6.29. The van der Waals surface area contributed by atoms with Gasteiger partial charge in [-0.15, -0.1) is 0 Å². The molecular weight excluding hydrogens is 322 g/mol. The number of hydrogen-bond acceptors (Lipinski definition) is 3. The Bertz CT molecular complexity index is 466. The number of methoxy groups -OCH3 is 1.